The summed E-state index contributed by atoms with van der Waals surface area (Å²) in [5.41, 5.74) is 6.87. The van der Waals surface area contributed by atoms with Gasteiger partial charge in [0.15, 0.2) is 0 Å². The Kier molecular flexibility index (Phi) is 6.42. The molecule has 0 aliphatic carbocycles. The first-order valence-electron chi connectivity index (χ1n) is 9.07. The zero-order chi connectivity index (χ0) is 20.0. The van der Waals surface area contributed by atoms with Crippen LogP contribution in [-0.2, 0) is 5.41 Å². The average molecular weight is 357 g/mol. The number of hydrogen-bond donors (Lipinski definition) is 1. The number of benzene rings is 2. The Labute approximate surface area is 163 Å². The van der Waals surface area contributed by atoms with Gasteiger partial charge in [-0.2, -0.15) is 0 Å². The van der Waals surface area contributed by atoms with Crippen LogP contribution in [0.1, 0.15) is 43.0 Å². The third kappa shape index (κ3) is 4.77. The molecule has 0 unspecified atom stereocenters. The van der Waals surface area contributed by atoms with Crippen LogP contribution >= 0.6 is 0 Å². The third-order valence-corrected chi connectivity index (χ3v) is 4.67. The van der Waals surface area contributed by atoms with E-state index in [4.69, 9.17) is 6.42 Å². The summed E-state index contributed by atoms with van der Waals surface area (Å²) < 4.78 is 0. The smallest absolute Gasteiger partial charge is 0.0643 e. The molecule has 0 radical (unpaired) electrons. The van der Waals surface area contributed by atoms with E-state index in [-0.39, 0.29) is 5.41 Å². The fourth-order valence-electron chi connectivity index (χ4n) is 2.84. The van der Waals surface area contributed by atoms with E-state index in [2.05, 4.69) is 60.1 Å². The van der Waals surface area contributed by atoms with Crippen LogP contribution in [0.15, 0.2) is 66.2 Å². The first-order valence-corrected chi connectivity index (χ1v) is 9.07. The predicted octanol–water partition coefficient (Wildman–Crippen LogP) is 5.98. The van der Waals surface area contributed by atoms with Gasteiger partial charge in [-0.05, 0) is 68.7 Å². The number of rotatable bonds is 6. The molecular formula is C25H28N2. The van der Waals surface area contributed by atoms with E-state index in [0.717, 1.165) is 33.8 Å². The van der Waals surface area contributed by atoms with Crippen LogP contribution in [-0.4, -0.2) is 12.8 Å². The molecule has 0 spiro atoms. The van der Waals surface area contributed by atoms with E-state index in [0.29, 0.717) is 0 Å². The minimum Gasteiger partial charge on any atom is -0.356 e. The second kappa shape index (κ2) is 8.56. The third-order valence-electron chi connectivity index (χ3n) is 4.67. The maximum atomic E-state index is 5.68. The van der Waals surface area contributed by atoms with Crippen LogP contribution < -0.4 is 5.32 Å². The number of aliphatic imine (C=N–C) groups is 1. The van der Waals surface area contributed by atoms with Crippen molar-refractivity contribution >= 4 is 17.1 Å². The highest BCUT2D eigenvalue weighted by Crippen LogP contribution is 2.26. The van der Waals surface area contributed by atoms with Gasteiger partial charge in [-0.1, -0.05) is 42.8 Å². The van der Waals surface area contributed by atoms with Crippen molar-refractivity contribution in [2.75, 3.05) is 12.4 Å². The summed E-state index contributed by atoms with van der Waals surface area (Å²) in [5, 5.41) is 3.42. The SMILES string of the molecule is C#CC(C)(C)c1cccc(C(=C)Nc2ccc(C)c(C(/C=C\C)=NC)c2)c1. The molecule has 2 aromatic rings. The maximum absolute atomic E-state index is 5.68. The lowest BCUT2D eigenvalue weighted by molar-refractivity contribution is 0.699. The molecule has 0 aliphatic heterocycles. The number of anilines is 1. The molecule has 1 N–H and O–H groups in total. The molecule has 0 saturated heterocycles. The summed E-state index contributed by atoms with van der Waals surface area (Å²) in [6.45, 7) is 12.4. The van der Waals surface area contributed by atoms with Gasteiger partial charge in [0.25, 0.3) is 0 Å². The van der Waals surface area contributed by atoms with E-state index in [1.165, 1.54) is 5.56 Å². The number of allylic oxidation sites excluding steroid dienone is 2. The van der Waals surface area contributed by atoms with Gasteiger partial charge in [-0.25, -0.2) is 0 Å². The number of terminal acetylenes is 1. The van der Waals surface area contributed by atoms with Gasteiger partial charge >= 0.3 is 0 Å². The summed E-state index contributed by atoms with van der Waals surface area (Å²) in [4.78, 5) is 4.40. The van der Waals surface area contributed by atoms with Gasteiger partial charge in [0.2, 0.25) is 0 Å². The summed E-state index contributed by atoms with van der Waals surface area (Å²) >= 11 is 0. The molecule has 2 nitrogen and oxygen atoms in total. The number of nitrogens with zero attached hydrogens (tertiary/aromatic N) is 1. The van der Waals surface area contributed by atoms with Gasteiger partial charge in [0, 0.05) is 24.0 Å². The molecule has 0 aliphatic rings. The first kappa shape index (κ1) is 20.3. The molecule has 2 aromatic carbocycles. The van der Waals surface area contributed by atoms with Gasteiger partial charge in [-0.3, -0.25) is 4.99 Å². The Balaban J connectivity index is 2.32. The standard InChI is InChI=1S/C25H28N2/c1-8-11-24(26-7)23-17-22(15-14-18(23)3)27-19(4)20-12-10-13-21(16-20)25(5,6)9-2/h2,8,10-17,27H,4H2,1,3,5-7H3/b11-8-,26-24?. The van der Waals surface area contributed by atoms with Crippen LogP contribution in [0.3, 0.4) is 0 Å². The van der Waals surface area contributed by atoms with Gasteiger partial charge in [0.1, 0.15) is 0 Å². The zero-order valence-corrected chi connectivity index (χ0v) is 16.9. The topological polar surface area (TPSA) is 24.4 Å². The molecule has 2 heteroatoms. The van der Waals surface area contributed by atoms with Gasteiger partial charge < -0.3 is 5.32 Å². The van der Waals surface area contributed by atoms with E-state index < -0.39 is 0 Å². The van der Waals surface area contributed by atoms with Crippen LogP contribution in [0.5, 0.6) is 0 Å². The first-order chi connectivity index (χ1) is 12.8. The van der Waals surface area contributed by atoms with Crippen molar-refractivity contribution in [3.05, 3.63) is 83.4 Å². The van der Waals surface area contributed by atoms with Crippen molar-refractivity contribution in [1.82, 2.24) is 0 Å². The molecule has 0 aromatic heterocycles. The predicted molar refractivity (Wildman–Crippen MR) is 119 cm³/mol. The Morgan fingerprint density at radius 1 is 1.22 bits per heavy atom. The normalized spacial score (nSPS) is 12.1. The van der Waals surface area contributed by atoms with Crippen LogP contribution in [0.2, 0.25) is 0 Å². The van der Waals surface area contributed by atoms with E-state index in [1.807, 2.05) is 52.1 Å². The van der Waals surface area contributed by atoms with Crippen molar-refractivity contribution in [3.63, 3.8) is 0 Å². The molecule has 0 fully saturated rings. The summed E-state index contributed by atoms with van der Waals surface area (Å²) in [6.07, 6.45) is 9.70. The summed E-state index contributed by atoms with van der Waals surface area (Å²) in [7, 11) is 1.81. The van der Waals surface area contributed by atoms with Crippen LogP contribution in [0, 0.1) is 19.3 Å². The van der Waals surface area contributed by atoms with Crippen molar-refractivity contribution in [2.45, 2.75) is 33.1 Å². The van der Waals surface area contributed by atoms with Crippen LogP contribution in [0.4, 0.5) is 5.69 Å². The second-order valence-corrected chi connectivity index (χ2v) is 7.09. The average Bonchev–Trinajstić information content (AvgIpc) is 2.67. The summed E-state index contributed by atoms with van der Waals surface area (Å²) in [6, 6.07) is 14.5. The molecule has 2 rings (SSSR count). The van der Waals surface area contributed by atoms with Crippen molar-refractivity contribution in [3.8, 4) is 12.3 Å². The Morgan fingerprint density at radius 2 is 1.96 bits per heavy atom. The number of nitrogens with one attached hydrogen (secondary N) is 1. The highest BCUT2D eigenvalue weighted by Gasteiger charge is 2.17. The monoisotopic (exact) mass is 356 g/mol. The highest BCUT2D eigenvalue weighted by molar-refractivity contribution is 6.10. The molecule has 27 heavy (non-hydrogen) atoms. The largest absolute Gasteiger partial charge is 0.356 e. The Morgan fingerprint density at radius 3 is 2.59 bits per heavy atom. The minimum absolute atomic E-state index is 0.313. The maximum Gasteiger partial charge on any atom is 0.0643 e. The molecule has 0 amide bonds. The lowest BCUT2D eigenvalue weighted by atomic mass is 9.85. The molecule has 0 heterocycles. The molecule has 0 bridgehead atoms. The fraction of sp³-hybridized carbons (Fsp3) is 0.240. The second-order valence-electron chi connectivity index (χ2n) is 7.09. The molecule has 0 saturated carbocycles. The quantitative estimate of drug-likeness (QED) is 0.499. The van der Waals surface area contributed by atoms with Crippen molar-refractivity contribution in [2.24, 2.45) is 4.99 Å². The van der Waals surface area contributed by atoms with Gasteiger partial charge in [-0.15, -0.1) is 6.42 Å². The lowest BCUT2D eigenvalue weighted by Crippen LogP contribution is -2.14. The fourth-order valence-corrected chi connectivity index (χ4v) is 2.84. The Hall–Kier alpha value is -3.05. The Bertz CT molecular complexity index is 937. The molecular weight excluding hydrogens is 328 g/mol. The molecule has 0 atom stereocenters. The summed E-state index contributed by atoms with van der Waals surface area (Å²) in [5.74, 6) is 2.85. The van der Waals surface area contributed by atoms with Crippen molar-refractivity contribution < 1.29 is 0 Å². The zero-order valence-electron chi connectivity index (χ0n) is 16.9. The molecule has 138 valence electrons. The van der Waals surface area contributed by atoms with Crippen molar-refractivity contribution in [1.29, 1.82) is 0 Å². The number of aryl methyl sites for hydroxylation is 1. The van der Waals surface area contributed by atoms with Crippen LogP contribution in [0.25, 0.3) is 5.70 Å². The highest BCUT2D eigenvalue weighted by atomic mass is 14.9. The van der Waals surface area contributed by atoms with E-state index >= 15 is 0 Å². The minimum atomic E-state index is -0.313. The lowest BCUT2D eigenvalue weighted by Gasteiger charge is -2.20. The number of hydrogen-bond acceptors (Lipinski definition) is 2. The van der Waals surface area contributed by atoms with Gasteiger partial charge in [0.05, 0.1) is 11.1 Å². The van der Waals surface area contributed by atoms with E-state index in [1.54, 1.807) is 0 Å². The van der Waals surface area contributed by atoms with E-state index in [9.17, 15) is 0 Å².